The molecule has 0 unspecified atom stereocenters. The first-order valence-corrected chi connectivity index (χ1v) is 7.10. The summed E-state index contributed by atoms with van der Waals surface area (Å²) in [4.78, 5) is 5.40. The summed E-state index contributed by atoms with van der Waals surface area (Å²) in [6, 6.07) is 7.53. The van der Waals surface area contributed by atoms with Gasteiger partial charge in [0.15, 0.2) is 0 Å². The third-order valence-corrected chi connectivity index (χ3v) is 4.06. The number of halogens is 1. The molecule has 1 aromatic carbocycles. The summed E-state index contributed by atoms with van der Waals surface area (Å²) in [7, 11) is 0. The monoisotopic (exact) mass is 293 g/mol. The molecule has 0 amide bonds. The standard InChI is InChI=1S/C14H16ClN3S/c1-14(2,3)11-10(12(16)17)19-13(18-11)8-4-6-9(15)7-5-8/h4-7H,1-3H3,(H3,16,17). The summed E-state index contributed by atoms with van der Waals surface area (Å²) in [5, 5.41) is 9.26. The minimum Gasteiger partial charge on any atom is -0.383 e. The second kappa shape index (κ2) is 4.94. The number of nitrogen functional groups attached to an aromatic ring is 1. The van der Waals surface area contributed by atoms with Gasteiger partial charge in [-0.3, -0.25) is 5.41 Å². The molecule has 5 heteroatoms. The number of hydrogen-bond donors (Lipinski definition) is 2. The van der Waals surface area contributed by atoms with Crippen molar-refractivity contribution >= 4 is 28.8 Å². The normalized spacial score (nSPS) is 11.6. The number of benzene rings is 1. The molecule has 0 spiro atoms. The highest BCUT2D eigenvalue weighted by Gasteiger charge is 2.25. The lowest BCUT2D eigenvalue weighted by Gasteiger charge is -2.16. The zero-order valence-corrected chi connectivity index (χ0v) is 12.7. The molecule has 2 aromatic rings. The molecule has 0 radical (unpaired) electrons. The van der Waals surface area contributed by atoms with Gasteiger partial charge in [0.2, 0.25) is 0 Å². The van der Waals surface area contributed by atoms with Crippen LogP contribution >= 0.6 is 22.9 Å². The van der Waals surface area contributed by atoms with Gasteiger partial charge in [0.1, 0.15) is 10.8 Å². The number of rotatable bonds is 2. The van der Waals surface area contributed by atoms with E-state index in [9.17, 15) is 0 Å². The molecule has 100 valence electrons. The van der Waals surface area contributed by atoms with E-state index in [2.05, 4.69) is 25.8 Å². The lowest BCUT2D eigenvalue weighted by atomic mass is 9.91. The molecular formula is C14H16ClN3S. The Labute approximate surface area is 122 Å². The fraction of sp³-hybridized carbons (Fsp3) is 0.286. The van der Waals surface area contributed by atoms with Crippen LogP contribution < -0.4 is 5.73 Å². The van der Waals surface area contributed by atoms with Crippen LogP contribution in [0.5, 0.6) is 0 Å². The molecule has 19 heavy (non-hydrogen) atoms. The van der Waals surface area contributed by atoms with Crippen molar-refractivity contribution in [2.45, 2.75) is 26.2 Å². The molecule has 1 heterocycles. The van der Waals surface area contributed by atoms with E-state index in [1.165, 1.54) is 11.3 Å². The van der Waals surface area contributed by atoms with Crippen molar-refractivity contribution in [1.29, 1.82) is 5.41 Å². The van der Waals surface area contributed by atoms with Crippen molar-refractivity contribution in [3.63, 3.8) is 0 Å². The Kier molecular flexibility index (Phi) is 3.65. The summed E-state index contributed by atoms with van der Waals surface area (Å²) in [5.74, 6) is 0.0719. The van der Waals surface area contributed by atoms with Gasteiger partial charge in [-0.1, -0.05) is 44.5 Å². The molecule has 0 saturated carbocycles. The molecule has 3 nitrogen and oxygen atoms in total. The quantitative estimate of drug-likeness (QED) is 0.648. The van der Waals surface area contributed by atoms with Crippen LogP contribution in [0.15, 0.2) is 24.3 Å². The fourth-order valence-electron chi connectivity index (χ4n) is 1.73. The Balaban J connectivity index is 2.55. The largest absolute Gasteiger partial charge is 0.383 e. The van der Waals surface area contributed by atoms with Gasteiger partial charge in [-0.15, -0.1) is 11.3 Å². The smallest absolute Gasteiger partial charge is 0.135 e. The van der Waals surface area contributed by atoms with E-state index in [1.807, 2.05) is 24.3 Å². The number of nitrogens with one attached hydrogen (secondary N) is 1. The van der Waals surface area contributed by atoms with Crippen molar-refractivity contribution in [2.75, 3.05) is 0 Å². The van der Waals surface area contributed by atoms with Crippen LogP contribution in [0.2, 0.25) is 5.02 Å². The van der Waals surface area contributed by atoms with E-state index >= 15 is 0 Å². The number of nitrogens with two attached hydrogens (primary N) is 1. The van der Waals surface area contributed by atoms with Gasteiger partial charge >= 0.3 is 0 Å². The Morgan fingerprint density at radius 2 is 1.84 bits per heavy atom. The zero-order valence-electron chi connectivity index (χ0n) is 11.1. The average molecular weight is 294 g/mol. The van der Waals surface area contributed by atoms with E-state index in [1.54, 1.807) is 0 Å². The minimum absolute atomic E-state index is 0.0719. The lowest BCUT2D eigenvalue weighted by molar-refractivity contribution is 0.572. The summed E-state index contributed by atoms with van der Waals surface area (Å²) in [6.07, 6.45) is 0. The fourth-order valence-corrected chi connectivity index (χ4v) is 3.00. The second-order valence-corrected chi connectivity index (χ2v) is 6.80. The summed E-state index contributed by atoms with van der Waals surface area (Å²) < 4.78 is 0. The predicted octanol–water partition coefficient (Wildman–Crippen LogP) is 4.05. The van der Waals surface area contributed by atoms with E-state index in [4.69, 9.17) is 22.7 Å². The van der Waals surface area contributed by atoms with Crippen molar-refractivity contribution in [3.05, 3.63) is 39.9 Å². The number of thiazole rings is 1. The van der Waals surface area contributed by atoms with Gasteiger partial charge in [-0.05, 0) is 12.1 Å². The van der Waals surface area contributed by atoms with E-state index in [0.717, 1.165) is 21.1 Å². The van der Waals surface area contributed by atoms with Gasteiger partial charge in [-0.25, -0.2) is 4.98 Å². The van der Waals surface area contributed by atoms with Gasteiger partial charge in [0, 0.05) is 16.0 Å². The van der Waals surface area contributed by atoms with Crippen LogP contribution in [0.3, 0.4) is 0 Å². The van der Waals surface area contributed by atoms with Gasteiger partial charge in [-0.2, -0.15) is 0 Å². The van der Waals surface area contributed by atoms with Crippen LogP contribution in [0, 0.1) is 5.41 Å². The molecular weight excluding hydrogens is 278 g/mol. The third kappa shape index (κ3) is 2.96. The maximum Gasteiger partial charge on any atom is 0.135 e. The Hall–Kier alpha value is -1.39. The van der Waals surface area contributed by atoms with Crippen molar-refractivity contribution < 1.29 is 0 Å². The third-order valence-electron chi connectivity index (χ3n) is 2.67. The highest BCUT2D eigenvalue weighted by atomic mass is 35.5. The first-order chi connectivity index (χ1) is 8.79. The van der Waals surface area contributed by atoms with Crippen LogP contribution in [0.1, 0.15) is 31.3 Å². The molecule has 0 bridgehead atoms. The molecule has 0 atom stereocenters. The van der Waals surface area contributed by atoms with E-state index in [0.29, 0.717) is 5.02 Å². The van der Waals surface area contributed by atoms with Gasteiger partial charge in [0.05, 0.1) is 10.6 Å². The Morgan fingerprint density at radius 1 is 1.26 bits per heavy atom. The summed E-state index contributed by atoms with van der Waals surface area (Å²) >= 11 is 7.34. The zero-order chi connectivity index (χ0) is 14.2. The number of hydrogen-bond acceptors (Lipinski definition) is 3. The predicted molar refractivity (Wildman–Crippen MR) is 82.3 cm³/mol. The van der Waals surface area contributed by atoms with Crippen molar-refractivity contribution in [2.24, 2.45) is 5.73 Å². The van der Waals surface area contributed by atoms with Crippen LogP contribution in [0.25, 0.3) is 10.6 Å². The number of amidine groups is 1. The molecule has 0 saturated heterocycles. The topological polar surface area (TPSA) is 62.8 Å². The molecule has 0 fully saturated rings. The van der Waals surface area contributed by atoms with Crippen LogP contribution in [-0.4, -0.2) is 10.8 Å². The molecule has 0 aliphatic carbocycles. The second-order valence-electron chi connectivity index (χ2n) is 5.37. The van der Waals surface area contributed by atoms with Crippen molar-refractivity contribution in [3.8, 4) is 10.6 Å². The summed E-state index contributed by atoms with van der Waals surface area (Å²) in [6.45, 7) is 6.21. The minimum atomic E-state index is -0.137. The van der Waals surface area contributed by atoms with E-state index < -0.39 is 0 Å². The Morgan fingerprint density at radius 3 is 2.26 bits per heavy atom. The molecule has 1 aromatic heterocycles. The molecule has 3 N–H and O–H groups in total. The molecule has 2 rings (SSSR count). The highest BCUT2D eigenvalue weighted by Crippen LogP contribution is 2.34. The highest BCUT2D eigenvalue weighted by molar-refractivity contribution is 7.17. The lowest BCUT2D eigenvalue weighted by Crippen LogP contribution is -2.19. The number of nitrogens with zero attached hydrogens (tertiary/aromatic N) is 1. The Bertz CT molecular complexity index is 609. The maximum absolute atomic E-state index is 7.69. The van der Waals surface area contributed by atoms with E-state index in [-0.39, 0.29) is 11.3 Å². The van der Waals surface area contributed by atoms with Gasteiger partial charge in [0.25, 0.3) is 0 Å². The van der Waals surface area contributed by atoms with Gasteiger partial charge < -0.3 is 5.73 Å². The van der Waals surface area contributed by atoms with Crippen LogP contribution in [-0.2, 0) is 5.41 Å². The van der Waals surface area contributed by atoms with Crippen molar-refractivity contribution in [1.82, 2.24) is 4.98 Å². The molecule has 0 aliphatic rings. The molecule has 0 aliphatic heterocycles. The summed E-state index contributed by atoms with van der Waals surface area (Å²) in [5.41, 5.74) is 7.39. The number of aromatic nitrogens is 1. The first kappa shape index (κ1) is 14.0. The first-order valence-electron chi connectivity index (χ1n) is 5.90. The average Bonchev–Trinajstić information content (AvgIpc) is 2.74. The SMILES string of the molecule is CC(C)(C)c1nc(-c2ccc(Cl)cc2)sc1C(=N)N. The maximum atomic E-state index is 7.69. The van der Waals surface area contributed by atoms with Crippen LogP contribution in [0.4, 0.5) is 0 Å².